The van der Waals surface area contributed by atoms with Gasteiger partial charge in [0.2, 0.25) is 5.91 Å². The second-order valence-electron chi connectivity index (χ2n) is 7.59. The fourth-order valence-electron chi connectivity index (χ4n) is 3.69. The topological polar surface area (TPSA) is 26.8 Å². The molecule has 1 amide bonds. The van der Waals surface area contributed by atoms with Gasteiger partial charge < -0.3 is 4.90 Å². The average Bonchev–Trinajstić information content (AvgIpc) is 2.90. The molecule has 0 bridgehead atoms. The fourth-order valence-corrected chi connectivity index (χ4v) is 3.69. The first kappa shape index (κ1) is 19.6. The normalized spacial score (nSPS) is 15.7. The smallest absolute Gasteiger partial charge is 0.236 e. The van der Waals surface area contributed by atoms with Crippen LogP contribution < -0.4 is 0 Å². The van der Waals surface area contributed by atoms with Crippen molar-refractivity contribution in [1.82, 2.24) is 14.7 Å². The predicted octanol–water partition coefficient (Wildman–Crippen LogP) is 3.16. The van der Waals surface area contributed by atoms with Crippen molar-refractivity contribution in [2.45, 2.75) is 26.4 Å². The van der Waals surface area contributed by atoms with Crippen LogP contribution in [0.5, 0.6) is 0 Å². The summed E-state index contributed by atoms with van der Waals surface area (Å²) in [4.78, 5) is 19.4. The zero-order valence-corrected chi connectivity index (χ0v) is 16.6. The SMILES string of the molecule is Cc1ccccc1CN1CCCN(C(=O)CN(C)Cc2ccccc2)CC1. The van der Waals surface area contributed by atoms with Crippen molar-refractivity contribution in [2.75, 3.05) is 39.8 Å². The van der Waals surface area contributed by atoms with Crippen molar-refractivity contribution in [3.8, 4) is 0 Å². The highest BCUT2D eigenvalue weighted by atomic mass is 16.2. The standard InChI is InChI=1S/C23H31N3O/c1-20-9-6-7-12-22(20)18-25-13-8-14-26(16-15-25)23(27)19-24(2)17-21-10-4-3-5-11-21/h3-7,9-12H,8,13-19H2,1-2H3. The molecule has 0 aromatic heterocycles. The third kappa shape index (κ3) is 5.91. The van der Waals surface area contributed by atoms with Crippen LogP contribution in [0.15, 0.2) is 54.6 Å². The van der Waals surface area contributed by atoms with Gasteiger partial charge in [-0.25, -0.2) is 0 Å². The zero-order chi connectivity index (χ0) is 19.1. The van der Waals surface area contributed by atoms with E-state index in [-0.39, 0.29) is 5.91 Å². The Hall–Kier alpha value is -2.17. The highest BCUT2D eigenvalue weighted by Gasteiger charge is 2.20. The van der Waals surface area contributed by atoms with Crippen LogP contribution >= 0.6 is 0 Å². The molecule has 1 saturated heterocycles. The zero-order valence-electron chi connectivity index (χ0n) is 16.6. The summed E-state index contributed by atoms with van der Waals surface area (Å²) in [6.07, 6.45) is 1.04. The maximum atomic E-state index is 12.7. The van der Waals surface area contributed by atoms with Crippen LogP contribution in [0.25, 0.3) is 0 Å². The maximum Gasteiger partial charge on any atom is 0.236 e. The number of hydrogen-bond donors (Lipinski definition) is 0. The summed E-state index contributed by atoms with van der Waals surface area (Å²) in [6.45, 7) is 8.12. The van der Waals surface area contributed by atoms with Crippen molar-refractivity contribution in [2.24, 2.45) is 0 Å². The van der Waals surface area contributed by atoms with E-state index >= 15 is 0 Å². The third-order valence-corrected chi connectivity index (χ3v) is 5.30. The molecule has 0 spiro atoms. The molecule has 0 atom stereocenters. The molecule has 0 unspecified atom stereocenters. The number of nitrogens with zero attached hydrogens (tertiary/aromatic N) is 3. The fraction of sp³-hybridized carbons (Fsp3) is 0.435. The van der Waals surface area contributed by atoms with Crippen LogP contribution in [0.1, 0.15) is 23.1 Å². The molecule has 27 heavy (non-hydrogen) atoms. The number of carbonyl (C=O) groups excluding carboxylic acids is 1. The van der Waals surface area contributed by atoms with Gasteiger partial charge in [-0.2, -0.15) is 0 Å². The van der Waals surface area contributed by atoms with Crippen LogP contribution in [0, 0.1) is 6.92 Å². The molecule has 1 aliphatic rings. The number of aryl methyl sites for hydroxylation is 1. The predicted molar refractivity (Wildman–Crippen MR) is 110 cm³/mol. The Labute approximate surface area is 163 Å². The van der Waals surface area contributed by atoms with Crippen LogP contribution in [0.3, 0.4) is 0 Å². The van der Waals surface area contributed by atoms with E-state index in [1.807, 2.05) is 30.1 Å². The maximum absolute atomic E-state index is 12.7. The first-order valence-corrected chi connectivity index (χ1v) is 9.89. The summed E-state index contributed by atoms with van der Waals surface area (Å²) < 4.78 is 0. The molecule has 144 valence electrons. The minimum Gasteiger partial charge on any atom is -0.340 e. The molecule has 0 radical (unpaired) electrons. The molecule has 0 saturated carbocycles. The quantitative estimate of drug-likeness (QED) is 0.787. The second kappa shape index (κ2) is 9.67. The molecule has 0 aliphatic carbocycles. The van der Waals surface area contributed by atoms with E-state index in [2.05, 4.69) is 53.1 Å². The van der Waals surface area contributed by atoms with Gasteiger partial charge in [0.05, 0.1) is 6.54 Å². The summed E-state index contributed by atoms with van der Waals surface area (Å²) in [5, 5.41) is 0. The molecule has 2 aromatic rings. The van der Waals surface area contributed by atoms with Gasteiger partial charge in [0, 0.05) is 39.3 Å². The molecular formula is C23H31N3O. The van der Waals surface area contributed by atoms with Crippen LogP contribution in [-0.4, -0.2) is 60.4 Å². The van der Waals surface area contributed by atoms with E-state index in [4.69, 9.17) is 0 Å². The first-order valence-electron chi connectivity index (χ1n) is 9.89. The molecular weight excluding hydrogens is 334 g/mol. The lowest BCUT2D eigenvalue weighted by molar-refractivity contribution is -0.132. The largest absolute Gasteiger partial charge is 0.340 e. The van der Waals surface area contributed by atoms with Crippen molar-refractivity contribution in [3.63, 3.8) is 0 Å². The Balaban J connectivity index is 1.48. The Bertz CT molecular complexity index is 731. The van der Waals surface area contributed by atoms with E-state index in [1.165, 1.54) is 16.7 Å². The van der Waals surface area contributed by atoms with Crippen LogP contribution in [0.4, 0.5) is 0 Å². The van der Waals surface area contributed by atoms with Crippen LogP contribution in [0.2, 0.25) is 0 Å². The second-order valence-corrected chi connectivity index (χ2v) is 7.59. The van der Waals surface area contributed by atoms with E-state index < -0.39 is 0 Å². The van der Waals surface area contributed by atoms with Crippen molar-refractivity contribution in [1.29, 1.82) is 0 Å². The van der Waals surface area contributed by atoms with Crippen molar-refractivity contribution in [3.05, 3.63) is 71.3 Å². The lowest BCUT2D eigenvalue weighted by atomic mass is 10.1. The number of rotatable bonds is 6. The Morgan fingerprint density at radius 1 is 0.963 bits per heavy atom. The van der Waals surface area contributed by atoms with Gasteiger partial charge in [0.25, 0.3) is 0 Å². The van der Waals surface area contributed by atoms with E-state index in [1.54, 1.807) is 0 Å². The molecule has 1 fully saturated rings. The number of amides is 1. The molecule has 1 aliphatic heterocycles. The Kier molecular flexibility index (Phi) is 7.02. The monoisotopic (exact) mass is 365 g/mol. The van der Waals surface area contributed by atoms with Crippen LogP contribution in [-0.2, 0) is 17.9 Å². The van der Waals surface area contributed by atoms with Crippen molar-refractivity contribution < 1.29 is 4.79 Å². The number of likely N-dealkylation sites (N-methyl/N-ethyl adjacent to an activating group) is 1. The van der Waals surface area contributed by atoms with Gasteiger partial charge >= 0.3 is 0 Å². The summed E-state index contributed by atoms with van der Waals surface area (Å²) in [5.74, 6) is 0.242. The highest BCUT2D eigenvalue weighted by molar-refractivity contribution is 5.78. The molecule has 1 heterocycles. The summed E-state index contributed by atoms with van der Waals surface area (Å²) in [7, 11) is 2.02. The highest BCUT2D eigenvalue weighted by Crippen LogP contribution is 2.13. The molecule has 0 N–H and O–H groups in total. The molecule has 3 rings (SSSR count). The van der Waals surface area contributed by atoms with Gasteiger partial charge in [0.1, 0.15) is 0 Å². The Morgan fingerprint density at radius 3 is 2.48 bits per heavy atom. The van der Waals surface area contributed by atoms with E-state index in [0.717, 1.165) is 45.7 Å². The molecule has 2 aromatic carbocycles. The first-order chi connectivity index (χ1) is 13.1. The molecule has 4 nitrogen and oxygen atoms in total. The molecule has 4 heteroatoms. The average molecular weight is 366 g/mol. The van der Waals surface area contributed by atoms with E-state index in [9.17, 15) is 4.79 Å². The summed E-state index contributed by atoms with van der Waals surface area (Å²) in [5.41, 5.74) is 3.98. The minimum atomic E-state index is 0.242. The lowest BCUT2D eigenvalue weighted by Gasteiger charge is -2.25. The van der Waals surface area contributed by atoms with Crippen molar-refractivity contribution >= 4 is 5.91 Å². The van der Waals surface area contributed by atoms with Gasteiger partial charge in [-0.3, -0.25) is 14.6 Å². The van der Waals surface area contributed by atoms with E-state index in [0.29, 0.717) is 6.54 Å². The van der Waals surface area contributed by atoms with Gasteiger partial charge in [-0.1, -0.05) is 54.6 Å². The summed E-state index contributed by atoms with van der Waals surface area (Å²) >= 11 is 0. The van der Waals surface area contributed by atoms with Gasteiger partial charge in [-0.15, -0.1) is 0 Å². The number of benzene rings is 2. The summed E-state index contributed by atoms with van der Waals surface area (Å²) in [6, 6.07) is 18.9. The Morgan fingerprint density at radius 2 is 1.70 bits per heavy atom. The number of carbonyl (C=O) groups is 1. The minimum absolute atomic E-state index is 0.242. The van der Waals surface area contributed by atoms with Gasteiger partial charge in [-0.05, 0) is 37.1 Å². The number of hydrogen-bond acceptors (Lipinski definition) is 3. The van der Waals surface area contributed by atoms with Gasteiger partial charge in [0.15, 0.2) is 0 Å². The third-order valence-electron chi connectivity index (χ3n) is 5.30. The lowest BCUT2D eigenvalue weighted by Crippen LogP contribution is -2.40.